The van der Waals surface area contributed by atoms with Crippen LogP contribution in [0, 0.1) is 27.7 Å². The van der Waals surface area contributed by atoms with Gasteiger partial charge in [-0.2, -0.15) is 0 Å². The third-order valence-corrected chi connectivity index (χ3v) is 3.51. The second-order valence-corrected chi connectivity index (χ2v) is 5.47. The number of carbonyl (C=O) groups excluding carboxylic acids is 1. The number of aromatic nitrogens is 3. The minimum atomic E-state index is -0.350. The van der Waals surface area contributed by atoms with E-state index in [1.54, 1.807) is 6.92 Å². The predicted molar refractivity (Wildman–Crippen MR) is 72.2 cm³/mol. The van der Waals surface area contributed by atoms with Crippen LogP contribution >= 0.6 is 11.3 Å². The van der Waals surface area contributed by atoms with E-state index in [0.717, 1.165) is 10.7 Å². The summed E-state index contributed by atoms with van der Waals surface area (Å²) in [6.07, 6.45) is 0. The number of nitrogens with zero attached hydrogens (tertiary/aromatic N) is 3. The van der Waals surface area contributed by atoms with E-state index in [0.29, 0.717) is 22.1 Å². The molecule has 0 aliphatic rings. The fraction of sp³-hybridized carbons (Fsp3) is 0.385. The molecule has 0 bridgehead atoms. The third-order valence-electron chi connectivity index (χ3n) is 2.46. The van der Waals surface area contributed by atoms with Gasteiger partial charge >= 0.3 is 5.97 Å². The maximum absolute atomic E-state index is 11.9. The third kappa shape index (κ3) is 3.35. The SMILES string of the molecule is Cc1cc(COC(=O)c2sc(C)nc2C)nc(C)n1. The summed E-state index contributed by atoms with van der Waals surface area (Å²) >= 11 is 1.35. The molecule has 19 heavy (non-hydrogen) atoms. The molecule has 0 aliphatic carbocycles. The minimum absolute atomic E-state index is 0.152. The highest BCUT2D eigenvalue weighted by Crippen LogP contribution is 2.18. The smallest absolute Gasteiger partial charge is 0.350 e. The monoisotopic (exact) mass is 277 g/mol. The first-order chi connectivity index (χ1) is 8.95. The number of thiazole rings is 1. The van der Waals surface area contributed by atoms with Gasteiger partial charge in [0.25, 0.3) is 0 Å². The van der Waals surface area contributed by atoms with Crippen molar-refractivity contribution < 1.29 is 9.53 Å². The summed E-state index contributed by atoms with van der Waals surface area (Å²) in [4.78, 5) is 25.1. The molecule has 2 aromatic heterocycles. The zero-order valence-electron chi connectivity index (χ0n) is 11.4. The van der Waals surface area contributed by atoms with Gasteiger partial charge in [0, 0.05) is 5.69 Å². The van der Waals surface area contributed by atoms with Gasteiger partial charge in [-0.05, 0) is 33.8 Å². The van der Waals surface area contributed by atoms with Gasteiger partial charge in [-0.3, -0.25) is 0 Å². The van der Waals surface area contributed by atoms with Gasteiger partial charge in [-0.25, -0.2) is 19.7 Å². The van der Waals surface area contributed by atoms with Gasteiger partial charge in [0.2, 0.25) is 0 Å². The summed E-state index contributed by atoms with van der Waals surface area (Å²) in [5, 5.41) is 0.859. The highest BCUT2D eigenvalue weighted by molar-refractivity contribution is 7.13. The Labute approximate surface area is 115 Å². The summed E-state index contributed by atoms with van der Waals surface area (Å²) in [5.74, 6) is 0.327. The molecule has 2 heterocycles. The summed E-state index contributed by atoms with van der Waals surface area (Å²) in [7, 11) is 0. The lowest BCUT2D eigenvalue weighted by molar-refractivity contribution is 0.0472. The molecule has 0 saturated carbocycles. The van der Waals surface area contributed by atoms with E-state index in [1.807, 2.05) is 26.8 Å². The first-order valence-corrected chi connectivity index (χ1v) is 6.69. The highest BCUT2D eigenvalue weighted by Gasteiger charge is 2.15. The van der Waals surface area contributed by atoms with Crippen molar-refractivity contribution in [2.24, 2.45) is 0 Å². The predicted octanol–water partition coefficient (Wildman–Crippen LogP) is 2.52. The topological polar surface area (TPSA) is 65.0 Å². The van der Waals surface area contributed by atoms with E-state index in [1.165, 1.54) is 11.3 Å². The van der Waals surface area contributed by atoms with Gasteiger partial charge in [-0.15, -0.1) is 11.3 Å². The quantitative estimate of drug-likeness (QED) is 0.807. The van der Waals surface area contributed by atoms with E-state index >= 15 is 0 Å². The van der Waals surface area contributed by atoms with Gasteiger partial charge in [0.1, 0.15) is 17.3 Å². The molecule has 0 aliphatic heterocycles. The molecule has 100 valence electrons. The van der Waals surface area contributed by atoms with Gasteiger partial charge < -0.3 is 4.74 Å². The Morgan fingerprint density at radius 1 is 1.21 bits per heavy atom. The Hall–Kier alpha value is -1.82. The molecule has 0 radical (unpaired) electrons. The van der Waals surface area contributed by atoms with Crippen molar-refractivity contribution >= 4 is 17.3 Å². The van der Waals surface area contributed by atoms with Gasteiger partial charge in [0.15, 0.2) is 0 Å². The van der Waals surface area contributed by atoms with Crippen LogP contribution in [0.15, 0.2) is 6.07 Å². The molecule has 0 spiro atoms. The highest BCUT2D eigenvalue weighted by atomic mass is 32.1. The lowest BCUT2D eigenvalue weighted by atomic mass is 10.3. The minimum Gasteiger partial charge on any atom is -0.455 e. The van der Waals surface area contributed by atoms with Gasteiger partial charge in [0.05, 0.1) is 16.4 Å². The standard InChI is InChI=1S/C13H15N3O2S/c1-7-5-11(16-9(3)14-7)6-18-13(17)12-8(2)15-10(4)19-12/h5H,6H2,1-4H3. The van der Waals surface area contributed by atoms with Crippen LogP contribution in [0.5, 0.6) is 0 Å². The second kappa shape index (κ2) is 5.44. The Morgan fingerprint density at radius 2 is 1.95 bits per heavy atom. The lowest BCUT2D eigenvalue weighted by Crippen LogP contribution is -2.07. The average Bonchev–Trinajstić information content (AvgIpc) is 2.64. The fourth-order valence-electron chi connectivity index (χ4n) is 1.79. The van der Waals surface area contributed by atoms with Crippen molar-refractivity contribution in [1.29, 1.82) is 0 Å². The number of carbonyl (C=O) groups is 1. The zero-order chi connectivity index (χ0) is 14.0. The van der Waals surface area contributed by atoms with Crippen molar-refractivity contribution in [3.05, 3.63) is 38.9 Å². The number of aryl methyl sites for hydroxylation is 4. The first-order valence-electron chi connectivity index (χ1n) is 5.88. The van der Waals surface area contributed by atoms with Crippen molar-refractivity contribution in [1.82, 2.24) is 15.0 Å². The van der Waals surface area contributed by atoms with Crippen molar-refractivity contribution in [2.75, 3.05) is 0 Å². The number of esters is 1. The summed E-state index contributed by atoms with van der Waals surface area (Å²) in [6, 6.07) is 1.81. The number of hydrogen-bond donors (Lipinski definition) is 0. The summed E-state index contributed by atoms with van der Waals surface area (Å²) in [5.41, 5.74) is 2.28. The molecule has 2 rings (SSSR count). The molecule has 0 aromatic carbocycles. The Kier molecular flexibility index (Phi) is 3.90. The molecule has 6 heteroatoms. The van der Waals surface area contributed by atoms with Crippen LogP contribution < -0.4 is 0 Å². The van der Waals surface area contributed by atoms with Crippen molar-refractivity contribution in [2.45, 2.75) is 34.3 Å². The Bertz CT molecular complexity index is 602. The van der Waals surface area contributed by atoms with E-state index in [4.69, 9.17) is 4.74 Å². The molecule has 0 amide bonds. The average molecular weight is 277 g/mol. The van der Waals surface area contributed by atoms with E-state index in [2.05, 4.69) is 15.0 Å². The maximum atomic E-state index is 11.9. The molecule has 0 atom stereocenters. The molecule has 0 N–H and O–H groups in total. The van der Waals surface area contributed by atoms with Gasteiger partial charge in [-0.1, -0.05) is 0 Å². The molecular weight excluding hydrogens is 262 g/mol. The van der Waals surface area contributed by atoms with Crippen LogP contribution in [-0.4, -0.2) is 20.9 Å². The summed E-state index contributed by atoms with van der Waals surface area (Å²) < 4.78 is 5.26. The number of rotatable bonds is 3. The second-order valence-electron chi connectivity index (χ2n) is 4.27. The lowest BCUT2D eigenvalue weighted by Gasteiger charge is -2.05. The van der Waals surface area contributed by atoms with Crippen molar-refractivity contribution in [3.63, 3.8) is 0 Å². The summed E-state index contributed by atoms with van der Waals surface area (Å²) in [6.45, 7) is 7.52. The molecule has 0 fully saturated rings. The van der Waals surface area contributed by atoms with Crippen LogP contribution in [0.3, 0.4) is 0 Å². The van der Waals surface area contributed by atoms with Crippen LogP contribution in [0.25, 0.3) is 0 Å². The normalized spacial score (nSPS) is 10.5. The van der Waals surface area contributed by atoms with Crippen LogP contribution in [0.1, 0.15) is 37.6 Å². The first kappa shape index (κ1) is 13.6. The van der Waals surface area contributed by atoms with E-state index in [-0.39, 0.29) is 12.6 Å². The number of hydrogen-bond acceptors (Lipinski definition) is 6. The molecular formula is C13H15N3O2S. The maximum Gasteiger partial charge on any atom is 0.350 e. The van der Waals surface area contributed by atoms with Crippen molar-refractivity contribution in [3.8, 4) is 0 Å². The Morgan fingerprint density at radius 3 is 2.53 bits per heavy atom. The Balaban J connectivity index is 2.06. The van der Waals surface area contributed by atoms with E-state index < -0.39 is 0 Å². The van der Waals surface area contributed by atoms with Crippen LogP contribution in [0.2, 0.25) is 0 Å². The largest absolute Gasteiger partial charge is 0.455 e. The van der Waals surface area contributed by atoms with E-state index in [9.17, 15) is 4.79 Å². The van der Waals surface area contributed by atoms with Crippen LogP contribution in [0.4, 0.5) is 0 Å². The molecule has 2 aromatic rings. The zero-order valence-corrected chi connectivity index (χ0v) is 12.2. The fourth-order valence-corrected chi connectivity index (χ4v) is 2.61. The molecule has 0 unspecified atom stereocenters. The molecule has 5 nitrogen and oxygen atoms in total. The molecule has 0 saturated heterocycles. The van der Waals surface area contributed by atoms with Crippen LogP contribution in [-0.2, 0) is 11.3 Å². The number of ether oxygens (including phenoxy) is 1.